The molecule has 0 N–H and O–H groups in total. The van der Waals surface area contributed by atoms with Crippen molar-refractivity contribution in [2.75, 3.05) is 7.05 Å². The van der Waals surface area contributed by atoms with Crippen molar-refractivity contribution in [2.24, 2.45) is 0 Å². The van der Waals surface area contributed by atoms with E-state index < -0.39 is 6.10 Å². The number of benzene rings is 2. The first-order valence-corrected chi connectivity index (χ1v) is 7.08. The Kier molecular flexibility index (Phi) is 4.99. The quantitative estimate of drug-likeness (QED) is 0.841. The van der Waals surface area contributed by atoms with Gasteiger partial charge in [-0.15, -0.1) is 0 Å². The Morgan fingerprint density at radius 3 is 2.33 bits per heavy atom. The summed E-state index contributed by atoms with van der Waals surface area (Å²) in [5.41, 5.74) is 2.28. The molecule has 0 radical (unpaired) electrons. The van der Waals surface area contributed by atoms with Crippen LogP contribution in [0.4, 0.5) is 0 Å². The molecule has 0 aliphatic heterocycles. The fraction of sp³-hybridized carbons (Fsp3) is 0.278. The van der Waals surface area contributed by atoms with Gasteiger partial charge in [0, 0.05) is 13.6 Å². The van der Waals surface area contributed by atoms with Crippen LogP contribution < -0.4 is 4.74 Å². The molecule has 2 rings (SSSR count). The summed E-state index contributed by atoms with van der Waals surface area (Å²) in [6, 6.07) is 17.6. The molecule has 0 aromatic heterocycles. The van der Waals surface area contributed by atoms with Gasteiger partial charge in [-0.05, 0) is 31.5 Å². The molecular formula is C18H21NO2. The van der Waals surface area contributed by atoms with Gasteiger partial charge in [-0.3, -0.25) is 4.79 Å². The van der Waals surface area contributed by atoms with E-state index in [0.29, 0.717) is 6.54 Å². The van der Waals surface area contributed by atoms with Crippen LogP contribution in [0.1, 0.15) is 18.1 Å². The van der Waals surface area contributed by atoms with Crippen LogP contribution in [0, 0.1) is 6.92 Å². The summed E-state index contributed by atoms with van der Waals surface area (Å²) in [6.45, 7) is 4.39. The standard InChI is InChI=1S/C18H21NO2/c1-14-9-11-17(12-10-14)21-15(2)18(20)19(3)13-16-7-5-4-6-8-16/h4-12,15H,13H2,1-3H3/t15-/m0/s1. The zero-order valence-electron chi connectivity index (χ0n) is 12.7. The average molecular weight is 283 g/mol. The fourth-order valence-corrected chi connectivity index (χ4v) is 2.12. The van der Waals surface area contributed by atoms with Crippen molar-refractivity contribution in [1.82, 2.24) is 4.90 Å². The normalized spacial score (nSPS) is 11.8. The van der Waals surface area contributed by atoms with Crippen molar-refractivity contribution in [1.29, 1.82) is 0 Å². The first kappa shape index (κ1) is 15.1. The predicted molar refractivity (Wildman–Crippen MR) is 84.2 cm³/mol. The molecule has 0 saturated heterocycles. The van der Waals surface area contributed by atoms with Crippen LogP contribution in [0.15, 0.2) is 54.6 Å². The maximum Gasteiger partial charge on any atom is 0.263 e. The van der Waals surface area contributed by atoms with Gasteiger partial charge in [-0.2, -0.15) is 0 Å². The van der Waals surface area contributed by atoms with Gasteiger partial charge in [0.15, 0.2) is 6.10 Å². The number of aryl methyl sites for hydroxylation is 1. The van der Waals surface area contributed by atoms with Crippen LogP contribution in [0.3, 0.4) is 0 Å². The van der Waals surface area contributed by atoms with Gasteiger partial charge in [0.1, 0.15) is 5.75 Å². The molecule has 0 heterocycles. The highest BCUT2D eigenvalue weighted by atomic mass is 16.5. The van der Waals surface area contributed by atoms with Crippen molar-refractivity contribution in [2.45, 2.75) is 26.5 Å². The van der Waals surface area contributed by atoms with Crippen LogP contribution in [-0.2, 0) is 11.3 Å². The van der Waals surface area contributed by atoms with E-state index in [1.54, 1.807) is 18.9 Å². The molecule has 0 aliphatic rings. The van der Waals surface area contributed by atoms with E-state index in [2.05, 4.69) is 0 Å². The summed E-state index contributed by atoms with van der Waals surface area (Å²) in [7, 11) is 1.80. The van der Waals surface area contributed by atoms with Crippen LogP contribution in [0.25, 0.3) is 0 Å². The molecule has 2 aromatic carbocycles. The summed E-state index contributed by atoms with van der Waals surface area (Å²) >= 11 is 0. The van der Waals surface area contributed by atoms with E-state index in [9.17, 15) is 4.79 Å². The topological polar surface area (TPSA) is 29.5 Å². The highest BCUT2D eigenvalue weighted by molar-refractivity contribution is 5.80. The predicted octanol–water partition coefficient (Wildman–Crippen LogP) is 3.42. The fourth-order valence-electron chi connectivity index (χ4n) is 2.12. The minimum atomic E-state index is -0.499. The number of hydrogen-bond donors (Lipinski definition) is 0. The molecular weight excluding hydrogens is 262 g/mol. The number of likely N-dealkylation sites (N-methyl/N-ethyl adjacent to an activating group) is 1. The van der Waals surface area contributed by atoms with Gasteiger partial charge in [-0.25, -0.2) is 0 Å². The van der Waals surface area contributed by atoms with Gasteiger partial charge < -0.3 is 9.64 Å². The van der Waals surface area contributed by atoms with E-state index in [0.717, 1.165) is 11.3 Å². The molecule has 0 unspecified atom stereocenters. The Morgan fingerprint density at radius 1 is 1.10 bits per heavy atom. The number of nitrogens with zero attached hydrogens (tertiary/aromatic N) is 1. The van der Waals surface area contributed by atoms with Crippen molar-refractivity contribution >= 4 is 5.91 Å². The molecule has 110 valence electrons. The van der Waals surface area contributed by atoms with Crippen LogP contribution in [-0.4, -0.2) is 24.0 Å². The van der Waals surface area contributed by atoms with Crippen molar-refractivity contribution in [3.05, 3.63) is 65.7 Å². The number of carbonyl (C=O) groups is 1. The molecule has 3 nitrogen and oxygen atoms in total. The van der Waals surface area contributed by atoms with Crippen molar-refractivity contribution in [3.8, 4) is 5.75 Å². The number of ether oxygens (including phenoxy) is 1. The van der Waals surface area contributed by atoms with Crippen molar-refractivity contribution < 1.29 is 9.53 Å². The Balaban J connectivity index is 1.93. The van der Waals surface area contributed by atoms with Gasteiger partial charge in [0.2, 0.25) is 0 Å². The molecule has 1 amide bonds. The first-order chi connectivity index (χ1) is 10.1. The Morgan fingerprint density at radius 2 is 1.71 bits per heavy atom. The first-order valence-electron chi connectivity index (χ1n) is 7.08. The number of rotatable bonds is 5. The summed E-state index contributed by atoms with van der Waals surface area (Å²) in [4.78, 5) is 14.0. The van der Waals surface area contributed by atoms with Gasteiger partial charge >= 0.3 is 0 Å². The highest BCUT2D eigenvalue weighted by Gasteiger charge is 2.19. The number of amides is 1. The van der Waals surface area contributed by atoms with Crippen LogP contribution in [0.5, 0.6) is 5.75 Å². The SMILES string of the molecule is Cc1ccc(O[C@@H](C)C(=O)N(C)Cc2ccccc2)cc1. The monoisotopic (exact) mass is 283 g/mol. The molecule has 0 bridgehead atoms. The Bertz CT molecular complexity index is 578. The van der Waals surface area contributed by atoms with Gasteiger partial charge in [0.25, 0.3) is 5.91 Å². The lowest BCUT2D eigenvalue weighted by atomic mass is 10.2. The summed E-state index contributed by atoms with van der Waals surface area (Å²) in [6.07, 6.45) is -0.499. The summed E-state index contributed by atoms with van der Waals surface area (Å²) in [5, 5.41) is 0. The lowest BCUT2D eigenvalue weighted by Gasteiger charge is -2.22. The number of carbonyl (C=O) groups excluding carboxylic acids is 1. The maximum atomic E-state index is 12.3. The summed E-state index contributed by atoms with van der Waals surface area (Å²) < 4.78 is 5.70. The largest absolute Gasteiger partial charge is 0.481 e. The van der Waals surface area contributed by atoms with Crippen molar-refractivity contribution in [3.63, 3.8) is 0 Å². The third-order valence-corrected chi connectivity index (χ3v) is 3.32. The van der Waals surface area contributed by atoms with Gasteiger partial charge in [0.05, 0.1) is 0 Å². The zero-order chi connectivity index (χ0) is 15.2. The molecule has 2 aromatic rings. The second-order valence-electron chi connectivity index (χ2n) is 5.25. The highest BCUT2D eigenvalue weighted by Crippen LogP contribution is 2.14. The van der Waals surface area contributed by atoms with E-state index in [-0.39, 0.29) is 5.91 Å². The lowest BCUT2D eigenvalue weighted by molar-refractivity contribution is -0.137. The van der Waals surface area contributed by atoms with Gasteiger partial charge in [-0.1, -0.05) is 48.0 Å². The van der Waals surface area contributed by atoms with E-state index in [4.69, 9.17) is 4.74 Å². The average Bonchev–Trinajstić information content (AvgIpc) is 2.49. The van der Waals surface area contributed by atoms with E-state index in [1.165, 1.54) is 5.56 Å². The maximum absolute atomic E-state index is 12.3. The summed E-state index contributed by atoms with van der Waals surface area (Å²) in [5.74, 6) is 0.689. The molecule has 0 saturated carbocycles. The lowest BCUT2D eigenvalue weighted by Crippen LogP contribution is -2.37. The van der Waals surface area contributed by atoms with Crippen LogP contribution >= 0.6 is 0 Å². The molecule has 0 fully saturated rings. The Labute approximate surface area is 126 Å². The number of hydrogen-bond acceptors (Lipinski definition) is 2. The third kappa shape index (κ3) is 4.35. The van der Waals surface area contributed by atoms with Crippen LogP contribution in [0.2, 0.25) is 0 Å². The van der Waals surface area contributed by atoms with E-state index >= 15 is 0 Å². The molecule has 3 heteroatoms. The minimum absolute atomic E-state index is 0.0283. The second-order valence-corrected chi connectivity index (χ2v) is 5.25. The smallest absolute Gasteiger partial charge is 0.263 e. The second kappa shape index (κ2) is 6.93. The molecule has 21 heavy (non-hydrogen) atoms. The van der Waals surface area contributed by atoms with E-state index in [1.807, 2.05) is 61.5 Å². The molecule has 1 atom stereocenters. The molecule has 0 spiro atoms. The minimum Gasteiger partial charge on any atom is -0.481 e. The zero-order valence-corrected chi connectivity index (χ0v) is 12.7. The third-order valence-electron chi connectivity index (χ3n) is 3.32. The Hall–Kier alpha value is -2.29. The molecule has 0 aliphatic carbocycles.